The summed E-state index contributed by atoms with van der Waals surface area (Å²) < 4.78 is 1.63. The molecule has 8 heteroatoms. The van der Waals surface area contributed by atoms with E-state index >= 15 is 0 Å². The Balaban J connectivity index is 1.47. The fraction of sp³-hybridized carbons (Fsp3) is 0.409. The first kappa shape index (κ1) is 19.1. The van der Waals surface area contributed by atoms with Gasteiger partial charge < -0.3 is 5.32 Å². The van der Waals surface area contributed by atoms with Crippen LogP contribution in [0.15, 0.2) is 30.9 Å². The number of nitrogens with zero attached hydrogens (tertiary/aromatic N) is 5. The highest BCUT2D eigenvalue weighted by Crippen LogP contribution is 2.43. The molecule has 1 N–H and O–H groups in total. The summed E-state index contributed by atoms with van der Waals surface area (Å²) in [5.41, 5.74) is 3.34. The van der Waals surface area contributed by atoms with Crippen LogP contribution in [-0.2, 0) is 19.4 Å². The van der Waals surface area contributed by atoms with Crippen molar-refractivity contribution in [3.05, 3.63) is 52.7 Å². The summed E-state index contributed by atoms with van der Waals surface area (Å²) in [6.45, 7) is 7.37. The van der Waals surface area contributed by atoms with E-state index in [2.05, 4.69) is 46.1 Å². The normalized spacial score (nSPS) is 16.7. The van der Waals surface area contributed by atoms with Gasteiger partial charge in [0, 0.05) is 23.8 Å². The number of carbonyl (C=O) groups is 1. The minimum Gasteiger partial charge on any atom is -0.345 e. The molecule has 0 aliphatic heterocycles. The van der Waals surface area contributed by atoms with Gasteiger partial charge in [0.2, 0.25) is 5.82 Å². The Morgan fingerprint density at radius 1 is 1.30 bits per heavy atom. The predicted molar refractivity (Wildman–Crippen MR) is 117 cm³/mol. The summed E-state index contributed by atoms with van der Waals surface area (Å²) in [5, 5.41) is 8.32. The largest absolute Gasteiger partial charge is 0.345 e. The molecule has 1 atom stereocenters. The number of rotatable bonds is 3. The van der Waals surface area contributed by atoms with Gasteiger partial charge in [-0.1, -0.05) is 20.8 Å². The van der Waals surface area contributed by atoms with Crippen molar-refractivity contribution in [3.63, 3.8) is 0 Å². The third kappa shape index (κ3) is 3.35. The summed E-state index contributed by atoms with van der Waals surface area (Å²) in [4.78, 5) is 28.2. The van der Waals surface area contributed by atoms with Gasteiger partial charge >= 0.3 is 0 Å². The molecule has 7 nitrogen and oxygen atoms in total. The number of aryl methyl sites for hydroxylation is 1. The van der Waals surface area contributed by atoms with Gasteiger partial charge in [-0.25, -0.2) is 14.5 Å². The molecule has 1 aliphatic rings. The van der Waals surface area contributed by atoms with E-state index in [0.29, 0.717) is 17.9 Å². The molecule has 0 fully saturated rings. The average Bonchev–Trinajstić information content (AvgIpc) is 3.32. The first-order chi connectivity index (χ1) is 14.4. The first-order valence-electron chi connectivity index (χ1n) is 10.2. The first-order valence-corrected chi connectivity index (χ1v) is 11.0. The van der Waals surface area contributed by atoms with Crippen molar-refractivity contribution in [3.8, 4) is 0 Å². The number of thiophene rings is 1. The molecular formula is C22H24N6OS. The maximum absolute atomic E-state index is 12.6. The number of hydrogen-bond donors (Lipinski definition) is 1. The molecule has 1 amide bonds. The monoisotopic (exact) mass is 420 g/mol. The molecule has 0 unspecified atom stereocenters. The van der Waals surface area contributed by atoms with E-state index in [1.165, 1.54) is 10.4 Å². The van der Waals surface area contributed by atoms with Crippen molar-refractivity contribution in [2.24, 2.45) is 11.3 Å². The lowest BCUT2D eigenvalue weighted by Crippen LogP contribution is -2.26. The van der Waals surface area contributed by atoms with Crippen LogP contribution in [0.3, 0.4) is 0 Å². The van der Waals surface area contributed by atoms with E-state index in [9.17, 15) is 4.79 Å². The Kier molecular flexibility index (Phi) is 4.54. The lowest BCUT2D eigenvalue weighted by molar-refractivity contribution is 0.0940. The molecule has 4 heterocycles. The maximum atomic E-state index is 12.6. The van der Waals surface area contributed by atoms with Crippen molar-refractivity contribution in [2.45, 2.75) is 46.6 Å². The van der Waals surface area contributed by atoms with Gasteiger partial charge in [-0.2, -0.15) is 0 Å². The van der Waals surface area contributed by atoms with E-state index in [1.54, 1.807) is 34.6 Å². The second kappa shape index (κ2) is 7.12. The van der Waals surface area contributed by atoms with Gasteiger partial charge in [0.25, 0.3) is 5.91 Å². The highest BCUT2D eigenvalue weighted by atomic mass is 32.1. The Labute approximate surface area is 178 Å². The average molecular weight is 421 g/mol. The lowest BCUT2D eigenvalue weighted by atomic mass is 9.72. The maximum Gasteiger partial charge on any atom is 0.291 e. The summed E-state index contributed by atoms with van der Waals surface area (Å²) in [5.74, 6) is 0.545. The molecule has 4 aromatic rings. The molecule has 0 spiro atoms. The van der Waals surface area contributed by atoms with Crippen LogP contribution in [0.1, 0.15) is 53.8 Å². The number of amides is 1. The van der Waals surface area contributed by atoms with E-state index in [0.717, 1.165) is 40.7 Å². The third-order valence-corrected chi connectivity index (χ3v) is 7.18. The van der Waals surface area contributed by atoms with E-state index in [1.807, 2.05) is 12.1 Å². The summed E-state index contributed by atoms with van der Waals surface area (Å²) >= 11 is 1.76. The summed E-state index contributed by atoms with van der Waals surface area (Å²) in [6.07, 6.45) is 8.34. The number of fused-ring (bicyclic) bond motifs is 5. The molecule has 4 aromatic heterocycles. The fourth-order valence-corrected chi connectivity index (χ4v) is 5.43. The fourth-order valence-electron chi connectivity index (χ4n) is 4.17. The van der Waals surface area contributed by atoms with Crippen LogP contribution in [-0.4, -0.2) is 30.5 Å². The molecule has 0 saturated heterocycles. The Bertz CT molecular complexity index is 1240. The van der Waals surface area contributed by atoms with Crippen molar-refractivity contribution >= 4 is 33.1 Å². The lowest BCUT2D eigenvalue weighted by Gasteiger charge is -2.33. The highest BCUT2D eigenvalue weighted by Gasteiger charge is 2.32. The molecule has 0 radical (unpaired) electrons. The minimum atomic E-state index is -0.291. The second-order valence-electron chi connectivity index (χ2n) is 8.98. The van der Waals surface area contributed by atoms with Gasteiger partial charge in [0.1, 0.15) is 11.2 Å². The molecule has 30 heavy (non-hydrogen) atoms. The Hall–Kier alpha value is -2.87. The number of pyridine rings is 1. The minimum absolute atomic E-state index is 0.168. The topological polar surface area (TPSA) is 85.1 Å². The molecule has 0 aromatic carbocycles. The van der Waals surface area contributed by atoms with Crippen molar-refractivity contribution in [1.29, 1.82) is 0 Å². The van der Waals surface area contributed by atoms with Gasteiger partial charge in [-0.3, -0.25) is 9.78 Å². The molecule has 1 aliphatic carbocycles. The van der Waals surface area contributed by atoms with Crippen molar-refractivity contribution < 1.29 is 4.79 Å². The van der Waals surface area contributed by atoms with Crippen LogP contribution in [0.25, 0.3) is 15.9 Å². The molecule has 0 bridgehead atoms. The molecule has 0 saturated carbocycles. The zero-order chi connectivity index (χ0) is 20.9. The van der Waals surface area contributed by atoms with Crippen LogP contribution in [0.5, 0.6) is 0 Å². The van der Waals surface area contributed by atoms with Crippen LogP contribution >= 0.6 is 11.3 Å². The van der Waals surface area contributed by atoms with Gasteiger partial charge in [0.05, 0.1) is 5.39 Å². The van der Waals surface area contributed by atoms with Crippen LogP contribution in [0.2, 0.25) is 0 Å². The number of carbonyl (C=O) groups excluding carboxylic acids is 1. The molecular weight excluding hydrogens is 396 g/mol. The quantitative estimate of drug-likeness (QED) is 0.545. The standard InChI is InChI=1S/C22H24N6OS/c1-22(2,3)14-4-5-15-16(10-14)30-21-17(15)19-26-18(27-28(19)12-25-21)20(29)24-11-13-6-8-23-9-7-13/h6-9,12,14H,4-5,10-11H2,1-3H3,(H,24,29)/t14-/m1/s1. The van der Waals surface area contributed by atoms with Crippen molar-refractivity contribution in [1.82, 2.24) is 29.9 Å². The Morgan fingerprint density at radius 3 is 2.87 bits per heavy atom. The summed E-state index contributed by atoms with van der Waals surface area (Å²) in [7, 11) is 0. The van der Waals surface area contributed by atoms with E-state index < -0.39 is 0 Å². The number of aromatic nitrogens is 5. The third-order valence-electron chi connectivity index (χ3n) is 6.02. The zero-order valence-electron chi connectivity index (χ0n) is 17.3. The van der Waals surface area contributed by atoms with Crippen LogP contribution < -0.4 is 5.32 Å². The van der Waals surface area contributed by atoms with E-state index in [-0.39, 0.29) is 11.7 Å². The SMILES string of the molecule is CC(C)(C)[C@@H]1CCc2c(sc3ncn4nc(C(=O)NCc5ccncc5)nc4c23)C1. The van der Waals surface area contributed by atoms with E-state index in [4.69, 9.17) is 0 Å². The van der Waals surface area contributed by atoms with Gasteiger partial charge in [-0.05, 0) is 53.9 Å². The van der Waals surface area contributed by atoms with Crippen molar-refractivity contribution in [2.75, 3.05) is 0 Å². The smallest absolute Gasteiger partial charge is 0.291 e. The van der Waals surface area contributed by atoms with Crippen LogP contribution in [0, 0.1) is 11.3 Å². The molecule has 154 valence electrons. The van der Waals surface area contributed by atoms with Gasteiger partial charge in [0.15, 0.2) is 5.65 Å². The predicted octanol–water partition coefficient (Wildman–Crippen LogP) is 3.82. The second-order valence-corrected chi connectivity index (χ2v) is 10.1. The Morgan fingerprint density at radius 2 is 2.10 bits per heavy atom. The highest BCUT2D eigenvalue weighted by molar-refractivity contribution is 7.19. The van der Waals surface area contributed by atoms with Gasteiger partial charge in [-0.15, -0.1) is 16.4 Å². The van der Waals surface area contributed by atoms with Crippen LogP contribution in [0.4, 0.5) is 0 Å². The zero-order valence-corrected chi connectivity index (χ0v) is 18.2. The summed E-state index contributed by atoms with van der Waals surface area (Å²) in [6, 6.07) is 3.74. The molecule has 5 rings (SSSR count). The number of nitrogens with one attached hydrogen (secondary N) is 1. The number of hydrogen-bond acceptors (Lipinski definition) is 6.